The van der Waals surface area contributed by atoms with Crippen molar-refractivity contribution in [2.45, 2.75) is 34.6 Å². The lowest BCUT2D eigenvalue weighted by molar-refractivity contribution is 0.0523. The Morgan fingerprint density at radius 1 is 0.958 bits per heavy atom. The van der Waals surface area contributed by atoms with Gasteiger partial charge in [-0.05, 0) is 63.4 Å². The van der Waals surface area contributed by atoms with E-state index in [1.165, 1.54) is 12.1 Å². The first-order valence-electron chi connectivity index (χ1n) is 7.78. The molecule has 0 spiro atoms. The van der Waals surface area contributed by atoms with E-state index >= 15 is 0 Å². The Balaban J connectivity index is 2.27. The van der Waals surface area contributed by atoms with Crippen LogP contribution in [-0.4, -0.2) is 23.5 Å². The van der Waals surface area contributed by atoms with E-state index in [0.29, 0.717) is 17.0 Å². The number of nitrogens with zero attached hydrogens (tertiary/aromatic N) is 1. The van der Waals surface area contributed by atoms with Crippen LogP contribution >= 0.6 is 0 Å². The molecule has 0 aliphatic carbocycles. The standard InChI is InChI=1S/C19H21NO4/c1-6-23-18(21)15-9-10-16(20-14(15)5)19(22)24-17-12(3)8-7-11(2)13(17)4/h7-10H,6H2,1-5H3. The van der Waals surface area contributed by atoms with Gasteiger partial charge in [0.1, 0.15) is 11.4 Å². The molecule has 0 saturated heterocycles. The van der Waals surface area contributed by atoms with Crippen LogP contribution in [0.2, 0.25) is 0 Å². The van der Waals surface area contributed by atoms with Crippen LogP contribution in [-0.2, 0) is 4.74 Å². The smallest absolute Gasteiger partial charge is 0.362 e. The van der Waals surface area contributed by atoms with Crippen molar-refractivity contribution in [3.63, 3.8) is 0 Å². The summed E-state index contributed by atoms with van der Waals surface area (Å²) < 4.78 is 10.5. The van der Waals surface area contributed by atoms with Gasteiger partial charge in [-0.3, -0.25) is 0 Å². The van der Waals surface area contributed by atoms with E-state index in [1.807, 2.05) is 32.9 Å². The maximum absolute atomic E-state index is 12.4. The Labute approximate surface area is 141 Å². The number of hydrogen-bond acceptors (Lipinski definition) is 5. The molecular weight excluding hydrogens is 306 g/mol. The SMILES string of the molecule is CCOC(=O)c1ccc(C(=O)Oc2c(C)ccc(C)c2C)nc1C. The largest absolute Gasteiger partial charge is 0.462 e. The van der Waals surface area contributed by atoms with Crippen molar-refractivity contribution >= 4 is 11.9 Å². The van der Waals surface area contributed by atoms with Gasteiger partial charge in [-0.1, -0.05) is 12.1 Å². The highest BCUT2D eigenvalue weighted by Crippen LogP contribution is 2.26. The molecule has 0 radical (unpaired) electrons. The fraction of sp³-hybridized carbons (Fsp3) is 0.316. The van der Waals surface area contributed by atoms with Crippen LogP contribution in [0.5, 0.6) is 5.75 Å². The second-order valence-corrected chi connectivity index (χ2v) is 5.59. The van der Waals surface area contributed by atoms with Crippen LogP contribution in [0.3, 0.4) is 0 Å². The number of pyridine rings is 1. The van der Waals surface area contributed by atoms with E-state index in [-0.39, 0.29) is 12.3 Å². The Morgan fingerprint density at radius 2 is 1.62 bits per heavy atom. The van der Waals surface area contributed by atoms with Crippen LogP contribution in [0, 0.1) is 27.7 Å². The molecule has 1 heterocycles. The molecule has 24 heavy (non-hydrogen) atoms. The molecule has 0 aliphatic rings. The molecule has 1 aromatic carbocycles. The molecule has 2 rings (SSSR count). The topological polar surface area (TPSA) is 65.5 Å². The molecule has 0 fully saturated rings. The van der Waals surface area contributed by atoms with E-state index in [4.69, 9.17) is 9.47 Å². The monoisotopic (exact) mass is 327 g/mol. The lowest BCUT2D eigenvalue weighted by atomic mass is 10.1. The van der Waals surface area contributed by atoms with Crippen molar-refractivity contribution in [2.24, 2.45) is 0 Å². The molecule has 0 saturated carbocycles. The van der Waals surface area contributed by atoms with Crippen LogP contribution < -0.4 is 4.74 Å². The van der Waals surface area contributed by atoms with E-state index in [2.05, 4.69) is 4.98 Å². The van der Waals surface area contributed by atoms with E-state index < -0.39 is 11.9 Å². The van der Waals surface area contributed by atoms with Crippen LogP contribution in [0.15, 0.2) is 24.3 Å². The first-order chi connectivity index (χ1) is 11.3. The Hall–Kier alpha value is -2.69. The van der Waals surface area contributed by atoms with Crippen LogP contribution in [0.4, 0.5) is 0 Å². The van der Waals surface area contributed by atoms with Crippen molar-refractivity contribution in [2.75, 3.05) is 6.61 Å². The highest BCUT2D eigenvalue weighted by molar-refractivity contribution is 5.93. The summed E-state index contributed by atoms with van der Waals surface area (Å²) in [5.74, 6) is -0.452. The Bertz CT molecular complexity index is 796. The van der Waals surface area contributed by atoms with Gasteiger partial charge in [0.05, 0.1) is 17.9 Å². The second-order valence-electron chi connectivity index (χ2n) is 5.59. The predicted molar refractivity (Wildman–Crippen MR) is 90.5 cm³/mol. The third-order valence-electron chi connectivity index (χ3n) is 3.86. The van der Waals surface area contributed by atoms with Crippen molar-refractivity contribution in [1.29, 1.82) is 0 Å². The molecule has 0 N–H and O–H groups in total. The van der Waals surface area contributed by atoms with E-state index in [9.17, 15) is 9.59 Å². The summed E-state index contributed by atoms with van der Waals surface area (Å²) in [6.07, 6.45) is 0. The zero-order chi connectivity index (χ0) is 17.9. The fourth-order valence-electron chi connectivity index (χ4n) is 2.33. The highest BCUT2D eigenvalue weighted by atomic mass is 16.5. The minimum atomic E-state index is -0.551. The summed E-state index contributed by atoms with van der Waals surface area (Å²) in [5, 5.41) is 0. The number of aromatic nitrogens is 1. The molecule has 2 aromatic rings. The first kappa shape index (κ1) is 17.7. The third-order valence-corrected chi connectivity index (χ3v) is 3.86. The van der Waals surface area contributed by atoms with Gasteiger partial charge >= 0.3 is 11.9 Å². The lowest BCUT2D eigenvalue weighted by Gasteiger charge is -2.12. The zero-order valence-corrected chi connectivity index (χ0v) is 14.6. The van der Waals surface area contributed by atoms with Gasteiger partial charge in [0, 0.05) is 0 Å². The maximum Gasteiger partial charge on any atom is 0.362 e. The number of hydrogen-bond donors (Lipinski definition) is 0. The number of ether oxygens (including phenoxy) is 2. The van der Waals surface area contributed by atoms with Gasteiger partial charge in [0.2, 0.25) is 0 Å². The molecule has 126 valence electrons. The first-order valence-corrected chi connectivity index (χ1v) is 7.78. The number of benzene rings is 1. The van der Waals surface area contributed by atoms with Gasteiger partial charge in [-0.25, -0.2) is 14.6 Å². The average molecular weight is 327 g/mol. The Kier molecular flexibility index (Phi) is 5.34. The second kappa shape index (κ2) is 7.25. The van der Waals surface area contributed by atoms with Crippen LogP contribution in [0.25, 0.3) is 0 Å². The predicted octanol–water partition coefficient (Wildman–Crippen LogP) is 3.71. The van der Waals surface area contributed by atoms with Gasteiger partial charge in [0.15, 0.2) is 0 Å². The summed E-state index contributed by atoms with van der Waals surface area (Å²) in [6.45, 7) is 9.44. The number of carbonyl (C=O) groups excluding carboxylic acids is 2. The quantitative estimate of drug-likeness (QED) is 0.632. The molecule has 0 amide bonds. The van der Waals surface area contributed by atoms with Gasteiger partial charge in [-0.15, -0.1) is 0 Å². The van der Waals surface area contributed by atoms with Gasteiger partial charge in [-0.2, -0.15) is 0 Å². The van der Waals surface area contributed by atoms with Crippen molar-refractivity contribution in [3.05, 3.63) is 57.9 Å². The average Bonchev–Trinajstić information content (AvgIpc) is 2.55. The van der Waals surface area contributed by atoms with Gasteiger partial charge < -0.3 is 9.47 Å². The molecule has 0 atom stereocenters. The highest BCUT2D eigenvalue weighted by Gasteiger charge is 2.18. The molecule has 5 nitrogen and oxygen atoms in total. The number of carbonyl (C=O) groups is 2. The summed E-state index contributed by atoms with van der Waals surface area (Å²) in [5.41, 5.74) is 3.78. The molecule has 0 aliphatic heterocycles. The van der Waals surface area contributed by atoms with E-state index in [1.54, 1.807) is 13.8 Å². The summed E-state index contributed by atoms with van der Waals surface area (Å²) in [7, 11) is 0. The molecular formula is C19H21NO4. The summed E-state index contributed by atoms with van der Waals surface area (Å²) in [4.78, 5) is 28.4. The minimum absolute atomic E-state index is 0.154. The van der Waals surface area contributed by atoms with Crippen molar-refractivity contribution < 1.29 is 19.1 Å². The lowest BCUT2D eigenvalue weighted by Crippen LogP contribution is -2.15. The van der Waals surface area contributed by atoms with Gasteiger partial charge in [0.25, 0.3) is 0 Å². The fourth-order valence-corrected chi connectivity index (χ4v) is 2.33. The van der Waals surface area contributed by atoms with Crippen LogP contribution in [0.1, 0.15) is 50.2 Å². The van der Waals surface area contributed by atoms with Crippen molar-refractivity contribution in [3.8, 4) is 5.75 Å². The molecule has 1 aromatic heterocycles. The summed E-state index contributed by atoms with van der Waals surface area (Å²) in [6, 6.07) is 6.90. The van der Waals surface area contributed by atoms with Crippen molar-refractivity contribution in [1.82, 2.24) is 4.98 Å². The zero-order valence-electron chi connectivity index (χ0n) is 14.6. The minimum Gasteiger partial charge on any atom is -0.462 e. The molecule has 5 heteroatoms. The molecule has 0 unspecified atom stereocenters. The van der Waals surface area contributed by atoms with E-state index in [0.717, 1.165) is 16.7 Å². The Morgan fingerprint density at radius 3 is 2.25 bits per heavy atom. The molecule has 0 bridgehead atoms. The number of aryl methyl sites for hydroxylation is 3. The number of esters is 2. The number of rotatable bonds is 4. The summed E-state index contributed by atoms with van der Waals surface area (Å²) >= 11 is 0. The third kappa shape index (κ3) is 3.62. The normalized spacial score (nSPS) is 10.4. The maximum atomic E-state index is 12.4.